The van der Waals surface area contributed by atoms with E-state index < -0.39 is 28.5 Å². The average Bonchev–Trinajstić information content (AvgIpc) is 3.02. The van der Waals surface area contributed by atoms with Crippen molar-refractivity contribution in [2.45, 2.75) is 64.1 Å². The molecule has 0 aliphatic rings. The highest BCUT2D eigenvalue weighted by molar-refractivity contribution is 7.92. The lowest BCUT2D eigenvalue weighted by atomic mass is 10.0. The molecule has 7 nitrogen and oxygen atoms in total. The van der Waals surface area contributed by atoms with Gasteiger partial charge in [-0.05, 0) is 85.8 Å². The predicted octanol–water partition coefficient (Wildman–Crippen LogP) is 6.71. The molecule has 0 fully saturated rings. The monoisotopic (exact) mass is 645 g/mol. The number of nitrogens with zero attached hydrogens (tertiary/aromatic N) is 2. The summed E-state index contributed by atoms with van der Waals surface area (Å²) < 4.78 is 29.4. The lowest BCUT2D eigenvalue weighted by Crippen LogP contribution is -2.54. The smallest absolute Gasteiger partial charge is 0.264 e. The van der Waals surface area contributed by atoms with Crippen LogP contribution in [0.2, 0.25) is 5.02 Å². The summed E-state index contributed by atoms with van der Waals surface area (Å²) in [5.74, 6) is -0.796. The van der Waals surface area contributed by atoms with E-state index in [1.54, 1.807) is 18.2 Å². The van der Waals surface area contributed by atoms with Crippen LogP contribution in [0.15, 0.2) is 108 Å². The number of amides is 2. The van der Waals surface area contributed by atoms with Gasteiger partial charge in [0.2, 0.25) is 11.8 Å². The summed E-state index contributed by atoms with van der Waals surface area (Å²) in [5.41, 5.74) is 3.89. The van der Waals surface area contributed by atoms with Crippen molar-refractivity contribution in [3.8, 4) is 0 Å². The van der Waals surface area contributed by atoms with Crippen molar-refractivity contribution >= 4 is 39.1 Å². The molecule has 0 saturated carbocycles. The number of benzene rings is 4. The SMILES string of the molecule is CC[C@H](C)NC(=O)[C@@H](Cc1ccccc1)N(Cc1ccccc1C)C(=O)CN(c1cccc(C)c1)S(=O)(=O)c1ccc(Cl)cc1. The van der Waals surface area contributed by atoms with Gasteiger partial charge in [0.05, 0.1) is 10.6 Å². The molecule has 0 heterocycles. The Balaban J connectivity index is 1.82. The van der Waals surface area contributed by atoms with Crippen LogP contribution in [0.25, 0.3) is 0 Å². The highest BCUT2D eigenvalue weighted by Gasteiger charge is 2.35. The number of rotatable bonds is 13. The molecular formula is C36H40ClN3O4S. The zero-order chi connectivity index (χ0) is 32.6. The third kappa shape index (κ3) is 8.74. The quantitative estimate of drug-likeness (QED) is 0.175. The number of anilines is 1. The fourth-order valence-electron chi connectivity index (χ4n) is 5.01. The van der Waals surface area contributed by atoms with Crippen LogP contribution < -0.4 is 9.62 Å². The molecule has 4 aromatic rings. The first kappa shape index (κ1) is 33.7. The molecule has 0 radical (unpaired) electrons. The first-order chi connectivity index (χ1) is 21.5. The standard InChI is InChI=1S/C36H40ClN3O4S/c1-5-28(4)38-36(42)34(23-29-14-7-6-8-15-29)39(24-30-16-10-9-13-27(30)3)35(41)25-40(32-17-11-12-26(2)22-32)45(43,44)33-20-18-31(37)19-21-33/h6-22,28,34H,5,23-25H2,1-4H3,(H,38,42)/t28-,34+/m0/s1. The number of carbonyl (C=O) groups excluding carboxylic acids is 2. The first-order valence-corrected chi connectivity index (χ1v) is 16.8. The van der Waals surface area contributed by atoms with E-state index in [0.29, 0.717) is 10.7 Å². The van der Waals surface area contributed by atoms with E-state index >= 15 is 0 Å². The van der Waals surface area contributed by atoms with Gasteiger partial charge in [-0.2, -0.15) is 0 Å². The largest absolute Gasteiger partial charge is 0.352 e. The zero-order valence-corrected chi connectivity index (χ0v) is 27.7. The average molecular weight is 646 g/mol. The molecular weight excluding hydrogens is 606 g/mol. The maximum Gasteiger partial charge on any atom is 0.264 e. The summed E-state index contributed by atoms with van der Waals surface area (Å²) in [6.45, 7) is 7.32. The van der Waals surface area contributed by atoms with Crippen LogP contribution in [0.5, 0.6) is 0 Å². The van der Waals surface area contributed by atoms with Crippen molar-refractivity contribution in [2.24, 2.45) is 0 Å². The number of hydrogen-bond donors (Lipinski definition) is 1. The normalized spacial score (nSPS) is 12.6. The Kier molecular flexibility index (Phi) is 11.4. The van der Waals surface area contributed by atoms with Crippen LogP contribution in [0, 0.1) is 13.8 Å². The molecule has 9 heteroatoms. The van der Waals surface area contributed by atoms with Gasteiger partial charge in [-0.1, -0.05) is 85.3 Å². The van der Waals surface area contributed by atoms with Gasteiger partial charge in [0, 0.05) is 24.0 Å². The number of sulfonamides is 1. The number of halogens is 1. The van der Waals surface area contributed by atoms with E-state index in [0.717, 1.165) is 33.0 Å². The van der Waals surface area contributed by atoms with Crippen LogP contribution in [0.1, 0.15) is 42.5 Å². The van der Waals surface area contributed by atoms with Gasteiger partial charge in [0.15, 0.2) is 0 Å². The Morgan fingerprint density at radius 2 is 1.53 bits per heavy atom. The molecule has 0 unspecified atom stereocenters. The lowest BCUT2D eigenvalue weighted by Gasteiger charge is -2.34. The molecule has 2 amide bonds. The van der Waals surface area contributed by atoms with Crippen molar-refractivity contribution in [3.63, 3.8) is 0 Å². The van der Waals surface area contributed by atoms with E-state index in [4.69, 9.17) is 11.6 Å². The minimum absolute atomic E-state index is 0.00186. The van der Waals surface area contributed by atoms with Crippen LogP contribution in [-0.2, 0) is 32.6 Å². The summed E-state index contributed by atoms with van der Waals surface area (Å²) in [6.07, 6.45) is 0.977. The minimum Gasteiger partial charge on any atom is -0.352 e. The van der Waals surface area contributed by atoms with Crippen molar-refractivity contribution < 1.29 is 18.0 Å². The maximum atomic E-state index is 14.6. The predicted molar refractivity (Wildman–Crippen MR) is 181 cm³/mol. The Morgan fingerprint density at radius 3 is 2.18 bits per heavy atom. The Labute approximate surface area is 271 Å². The molecule has 0 aromatic heterocycles. The van der Waals surface area contributed by atoms with E-state index in [1.807, 2.05) is 88.4 Å². The molecule has 0 aliphatic heterocycles. The number of carbonyl (C=O) groups is 2. The molecule has 4 aromatic carbocycles. The lowest BCUT2D eigenvalue weighted by molar-refractivity contribution is -0.140. The molecule has 0 spiro atoms. The van der Waals surface area contributed by atoms with Crippen LogP contribution in [-0.4, -0.2) is 43.8 Å². The van der Waals surface area contributed by atoms with Crippen molar-refractivity contribution in [1.82, 2.24) is 10.2 Å². The third-order valence-electron chi connectivity index (χ3n) is 7.84. The second kappa shape index (κ2) is 15.2. The second-order valence-corrected chi connectivity index (χ2v) is 13.6. The maximum absolute atomic E-state index is 14.6. The molecule has 45 heavy (non-hydrogen) atoms. The molecule has 1 N–H and O–H groups in total. The number of hydrogen-bond acceptors (Lipinski definition) is 4. The molecule has 0 saturated heterocycles. The molecule has 0 aliphatic carbocycles. The first-order valence-electron chi connectivity index (χ1n) is 15.0. The summed E-state index contributed by atoms with van der Waals surface area (Å²) >= 11 is 6.07. The number of nitrogens with one attached hydrogen (secondary N) is 1. The van der Waals surface area contributed by atoms with Gasteiger partial charge in [0.25, 0.3) is 10.0 Å². The molecule has 236 valence electrons. The van der Waals surface area contributed by atoms with Gasteiger partial charge in [0.1, 0.15) is 12.6 Å². The molecule has 4 rings (SSSR count). The van der Waals surface area contributed by atoms with E-state index in [1.165, 1.54) is 29.2 Å². The van der Waals surface area contributed by atoms with Gasteiger partial charge >= 0.3 is 0 Å². The highest BCUT2D eigenvalue weighted by Crippen LogP contribution is 2.27. The van der Waals surface area contributed by atoms with Gasteiger partial charge in [-0.15, -0.1) is 0 Å². The third-order valence-corrected chi connectivity index (χ3v) is 9.88. The van der Waals surface area contributed by atoms with E-state index in [2.05, 4.69) is 5.32 Å². The topological polar surface area (TPSA) is 86.8 Å². The fraction of sp³-hybridized carbons (Fsp3) is 0.278. The molecule has 2 atom stereocenters. The van der Waals surface area contributed by atoms with Crippen LogP contribution in [0.4, 0.5) is 5.69 Å². The molecule has 0 bridgehead atoms. The van der Waals surface area contributed by atoms with Crippen molar-refractivity contribution in [3.05, 3.63) is 130 Å². The zero-order valence-electron chi connectivity index (χ0n) is 26.1. The van der Waals surface area contributed by atoms with Gasteiger partial charge in [-0.3, -0.25) is 13.9 Å². The van der Waals surface area contributed by atoms with Crippen molar-refractivity contribution in [2.75, 3.05) is 10.8 Å². The van der Waals surface area contributed by atoms with E-state index in [-0.39, 0.29) is 29.8 Å². The van der Waals surface area contributed by atoms with E-state index in [9.17, 15) is 18.0 Å². The number of aryl methyl sites for hydroxylation is 2. The van der Waals surface area contributed by atoms with Crippen LogP contribution >= 0.6 is 11.6 Å². The summed E-state index contributed by atoms with van der Waals surface area (Å²) in [5, 5.41) is 3.46. The minimum atomic E-state index is -4.20. The van der Waals surface area contributed by atoms with Crippen LogP contribution in [0.3, 0.4) is 0 Å². The highest BCUT2D eigenvalue weighted by atomic mass is 35.5. The summed E-state index contributed by atoms with van der Waals surface area (Å²) in [4.78, 5) is 30.0. The van der Waals surface area contributed by atoms with Gasteiger partial charge in [-0.25, -0.2) is 8.42 Å². The summed E-state index contributed by atoms with van der Waals surface area (Å²) in [7, 11) is -4.20. The Morgan fingerprint density at radius 1 is 0.867 bits per heavy atom. The van der Waals surface area contributed by atoms with Gasteiger partial charge < -0.3 is 10.2 Å². The van der Waals surface area contributed by atoms with Crippen molar-refractivity contribution in [1.29, 1.82) is 0 Å². The Hall–Kier alpha value is -4.14. The Bertz CT molecular complexity index is 1710. The summed E-state index contributed by atoms with van der Waals surface area (Å²) in [6, 6.07) is 29.1. The fourth-order valence-corrected chi connectivity index (χ4v) is 6.54. The second-order valence-electron chi connectivity index (χ2n) is 11.3.